The largest absolute Gasteiger partial charge is 0.481 e. The number of fused-ring (bicyclic) bond motifs is 1. The van der Waals surface area contributed by atoms with Gasteiger partial charge in [-0.2, -0.15) is 9.37 Å². The molecule has 2 fully saturated rings. The first kappa shape index (κ1) is 27.1. The van der Waals surface area contributed by atoms with Gasteiger partial charge in [0.2, 0.25) is 5.78 Å². The number of ether oxygens (including phenoxy) is 1. The maximum Gasteiger partial charge on any atom is 0.330 e. The molecule has 2 aromatic carbocycles. The predicted octanol–water partition coefficient (Wildman–Crippen LogP) is 5.65. The summed E-state index contributed by atoms with van der Waals surface area (Å²) in [7, 11) is 0. The molecule has 208 valence electrons. The van der Waals surface area contributed by atoms with Crippen LogP contribution in [0.4, 0.5) is 24.9 Å². The smallest absolute Gasteiger partial charge is 0.330 e. The van der Waals surface area contributed by atoms with Crippen LogP contribution in [0.15, 0.2) is 34.7 Å². The van der Waals surface area contributed by atoms with Crippen molar-refractivity contribution in [2.75, 3.05) is 18.4 Å². The summed E-state index contributed by atoms with van der Waals surface area (Å²) in [6.07, 6.45) is 1.53. The summed E-state index contributed by atoms with van der Waals surface area (Å²) in [6.45, 7) is 2.41. The van der Waals surface area contributed by atoms with Crippen molar-refractivity contribution >= 4 is 34.6 Å². The van der Waals surface area contributed by atoms with Crippen LogP contribution in [-0.2, 0) is 20.7 Å². The Morgan fingerprint density at radius 2 is 1.87 bits per heavy atom. The molecule has 11 heteroatoms. The molecule has 1 atom stereocenters. The van der Waals surface area contributed by atoms with Gasteiger partial charge in [-0.1, -0.05) is 12.1 Å². The van der Waals surface area contributed by atoms with E-state index in [9.17, 15) is 19.1 Å². The van der Waals surface area contributed by atoms with E-state index in [0.29, 0.717) is 57.3 Å². The lowest BCUT2D eigenvalue weighted by atomic mass is 9.87. The molecule has 8 nitrogen and oxygen atoms in total. The number of aromatic nitrogens is 1. The van der Waals surface area contributed by atoms with Crippen molar-refractivity contribution in [3.8, 4) is 0 Å². The molecule has 2 heterocycles. The number of aliphatic carboxylic acids is 1. The molecule has 1 saturated heterocycles. The number of oxazole rings is 1. The summed E-state index contributed by atoms with van der Waals surface area (Å²) in [5.41, 5.74) is 1.02. The summed E-state index contributed by atoms with van der Waals surface area (Å²) in [5.74, 6) is -6.39. The topological polar surface area (TPSA) is 105 Å². The fourth-order valence-electron chi connectivity index (χ4n) is 5.29. The van der Waals surface area contributed by atoms with Gasteiger partial charge in [0.15, 0.2) is 11.4 Å². The number of carboxylic acids is 1. The van der Waals surface area contributed by atoms with Gasteiger partial charge in [-0.3, -0.25) is 9.59 Å². The molecule has 3 aromatic rings. The average molecular weight is 546 g/mol. The first-order valence-electron chi connectivity index (χ1n) is 13.1. The SMILES string of the molecule is Cc1ccc(F)cc1Nc1nc2ccc(CC(=O)C(F)(OC3CCC(C(=O)O)CC3)N3CCCC3)c(F)c2o1. The number of carbonyl (C=O) groups is 2. The van der Waals surface area contributed by atoms with Crippen LogP contribution in [0, 0.1) is 24.5 Å². The standard InChI is InChI=1S/C28H30F3N3O5/c1-16-4-8-19(29)15-22(16)33-27-32-21-11-7-18(24(30)25(21)38-27)14-23(35)28(31,34-12-2-3-13-34)39-20-9-5-17(6-10-20)26(36)37/h4,7-8,11,15,17,20H,2-3,5-6,9-10,12-14H2,1H3,(H,32,33)(H,36,37). The number of carboxylic acid groups (broad SMARTS) is 1. The monoisotopic (exact) mass is 545 g/mol. The summed E-state index contributed by atoms with van der Waals surface area (Å²) in [4.78, 5) is 30.2. The van der Waals surface area contributed by atoms with Crippen LogP contribution in [0.1, 0.15) is 49.7 Å². The Morgan fingerprint density at radius 3 is 2.56 bits per heavy atom. The van der Waals surface area contributed by atoms with Gasteiger partial charge in [-0.25, -0.2) is 13.7 Å². The molecule has 1 unspecified atom stereocenters. The van der Waals surface area contributed by atoms with Crippen molar-refractivity contribution in [2.45, 2.75) is 64.0 Å². The maximum absolute atomic E-state index is 16.4. The molecule has 1 aliphatic carbocycles. The number of aryl methyl sites for hydroxylation is 1. The van der Waals surface area contributed by atoms with Crippen molar-refractivity contribution < 1.29 is 37.0 Å². The van der Waals surface area contributed by atoms with Gasteiger partial charge in [-0.15, -0.1) is 0 Å². The van der Waals surface area contributed by atoms with Gasteiger partial charge in [-0.05, 0) is 74.8 Å². The van der Waals surface area contributed by atoms with E-state index in [0.717, 1.165) is 5.56 Å². The Hall–Kier alpha value is -3.44. The quantitative estimate of drug-likeness (QED) is 0.333. The molecule has 0 spiro atoms. The normalized spacial score (nSPS) is 21.6. The average Bonchev–Trinajstić information content (AvgIpc) is 3.59. The molecule has 1 aromatic heterocycles. The lowest BCUT2D eigenvalue weighted by Crippen LogP contribution is -2.54. The predicted molar refractivity (Wildman–Crippen MR) is 136 cm³/mol. The van der Waals surface area contributed by atoms with Gasteiger partial charge < -0.3 is 19.6 Å². The van der Waals surface area contributed by atoms with Gasteiger partial charge in [0, 0.05) is 25.2 Å². The van der Waals surface area contributed by atoms with Gasteiger partial charge >= 0.3 is 11.9 Å². The van der Waals surface area contributed by atoms with Crippen LogP contribution < -0.4 is 5.32 Å². The minimum atomic E-state index is -2.75. The zero-order valence-corrected chi connectivity index (χ0v) is 21.5. The van der Waals surface area contributed by atoms with Crippen molar-refractivity contribution in [1.82, 2.24) is 9.88 Å². The number of carbonyl (C=O) groups excluding carboxylic acids is 1. The Morgan fingerprint density at radius 1 is 1.15 bits per heavy atom. The molecule has 1 aliphatic heterocycles. The molecule has 0 radical (unpaired) electrons. The van der Waals surface area contributed by atoms with Gasteiger partial charge in [0.05, 0.1) is 12.0 Å². The Labute approximate surface area is 223 Å². The lowest BCUT2D eigenvalue weighted by Gasteiger charge is -2.37. The van der Waals surface area contributed by atoms with E-state index in [-0.39, 0.29) is 22.7 Å². The van der Waals surface area contributed by atoms with Crippen LogP contribution >= 0.6 is 0 Å². The molecular formula is C28H30F3N3O5. The van der Waals surface area contributed by atoms with Crippen molar-refractivity contribution in [3.05, 3.63) is 53.1 Å². The number of likely N-dealkylation sites (tertiary alicyclic amines) is 1. The molecule has 2 N–H and O–H groups in total. The number of halogens is 3. The zero-order chi connectivity index (χ0) is 27.7. The number of anilines is 2. The molecule has 1 saturated carbocycles. The molecule has 5 rings (SSSR count). The second-order valence-electron chi connectivity index (χ2n) is 10.3. The third kappa shape index (κ3) is 5.65. The zero-order valence-electron chi connectivity index (χ0n) is 21.5. The van der Waals surface area contributed by atoms with E-state index < -0.39 is 47.8 Å². The van der Waals surface area contributed by atoms with Crippen LogP contribution in [0.25, 0.3) is 11.1 Å². The highest BCUT2D eigenvalue weighted by molar-refractivity contribution is 5.88. The van der Waals surface area contributed by atoms with Gasteiger partial charge in [0.25, 0.3) is 6.01 Å². The number of nitrogens with zero attached hydrogens (tertiary/aromatic N) is 2. The number of hydrogen-bond acceptors (Lipinski definition) is 7. The fraction of sp³-hybridized carbons (Fsp3) is 0.464. The lowest BCUT2D eigenvalue weighted by molar-refractivity contribution is -0.252. The Kier molecular flexibility index (Phi) is 7.64. The van der Waals surface area contributed by atoms with Crippen molar-refractivity contribution in [3.63, 3.8) is 0 Å². The van der Waals surface area contributed by atoms with E-state index in [4.69, 9.17) is 9.15 Å². The highest BCUT2D eigenvalue weighted by atomic mass is 19.2. The van der Waals surface area contributed by atoms with E-state index in [1.807, 2.05) is 0 Å². The highest BCUT2D eigenvalue weighted by Gasteiger charge is 2.49. The number of ketones is 1. The van der Waals surface area contributed by atoms with Crippen LogP contribution in [0.3, 0.4) is 0 Å². The molecule has 0 amide bonds. The van der Waals surface area contributed by atoms with E-state index in [1.165, 1.54) is 29.2 Å². The van der Waals surface area contributed by atoms with Gasteiger partial charge in [0.1, 0.15) is 11.3 Å². The van der Waals surface area contributed by atoms with Crippen molar-refractivity contribution in [2.24, 2.45) is 5.92 Å². The first-order valence-corrected chi connectivity index (χ1v) is 13.1. The number of Topliss-reactive ketones (excluding diaryl/α,β-unsaturated/α-hetero) is 1. The molecule has 0 bridgehead atoms. The number of hydrogen-bond donors (Lipinski definition) is 2. The number of alkyl halides is 1. The maximum atomic E-state index is 16.4. The van der Waals surface area contributed by atoms with E-state index >= 15 is 8.78 Å². The minimum absolute atomic E-state index is 0.0571. The highest BCUT2D eigenvalue weighted by Crippen LogP contribution is 2.35. The van der Waals surface area contributed by atoms with Crippen LogP contribution in [0.5, 0.6) is 0 Å². The van der Waals surface area contributed by atoms with Crippen molar-refractivity contribution in [1.29, 1.82) is 0 Å². The third-order valence-electron chi connectivity index (χ3n) is 7.57. The number of rotatable bonds is 9. The first-order chi connectivity index (χ1) is 18.6. The molecule has 39 heavy (non-hydrogen) atoms. The number of nitrogens with one attached hydrogen (secondary N) is 1. The van der Waals surface area contributed by atoms with E-state index in [2.05, 4.69) is 10.3 Å². The summed E-state index contributed by atoms with van der Waals surface area (Å²) >= 11 is 0. The van der Waals surface area contributed by atoms with Crippen LogP contribution in [0.2, 0.25) is 0 Å². The summed E-state index contributed by atoms with van der Waals surface area (Å²) in [5, 5.41) is 12.1. The second kappa shape index (κ2) is 11.0. The Bertz CT molecular complexity index is 1380. The number of benzene rings is 2. The minimum Gasteiger partial charge on any atom is -0.481 e. The van der Waals surface area contributed by atoms with E-state index in [1.54, 1.807) is 13.0 Å². The third-order valence-corrected chi connectivity index (χ3v) is 7.57. The Balaban J connectivity index is 1.35. The molecular weight excluding hydrogens is 515 g/mol. The fourth-order valence-corrected chi connectivity index (χ4v) is 5.29. The summed E-state index contributed by atoms with van der Waals surface area (Å²) in [6, 6.07) is 6.92. The molecule has 2 aliphatic rings. The summed E-state index contributed by atoms with van der Waals surface area (Å²) < 4.78 is 56.8. The second-order valence-corrected chi connectivity index (χ2v) is 10.3. The van der Waals surface area contributed by atoms with Crippen LogP contribution in [-0.4, -0.2) is 51.9 Å².